The number of halogens is 1. The molecule has 2 aromatic carbocycles. The van der Waals surface area contributed by atoms with E-state index in [2.05, 4.69) is 51.1 Å². The van der Waals surface area contributed by atoms with Crippen LogP contribution in [0.2, 0.25) is 5.02 Å². The van der Waals surface area contributed by atoms with E-state index in [1.54, 1.807) is 13.3 Å². The van der Waals surface area contributed by atoms with E-state index < -0.39 is 0 Å². The molecule has 1 aliphatic heterocycles. The Balaban J connectivity index is 1.49. The molecule has 40 heavy (non-hydrogen) atoms. The van der Waals surface area contributed by atoms with Crippen molar-refractivity contribution in [1.82, 2.24) is 19.8 Å². The maximum absolute atomic E-state index is 13.0. The number of pyridine rings is 1. The molecule has 4 aromatic rings. The van der Waals surface area contributed by atoms with E-state index in [-0.39, 0.29) is 24.4 Å². The Morgan fingerprint density at radius 3 is 2.62 bits per heavy atom. The molecule has 9 heteroatoms. The Labute approximate surface area is 245 Å². The number of thiocarbonyl (C=S) groups is 1. The first kappa shape index (κ1) is 27.7. The lowest BCUT2D eigenvalue weighted by Crippen LogP contribution is -2.33. The fraction of sp³-hybridized carbons (Fsp3) is 0.258. The van der Waals surface area contributed by atoms with E-state index in [0.717, 1.165) is 38.9 Å². The molecule has 206 valence electrons. The minimum Gasteiger partial charge on any atom is -0.495 e. The van der Waals surface area contributed by atoms with Crippen LogP contribution in [0.3, 0.4) is 0 Å². The van der Waals surface area contributed by atoms with Crippen molar-refractivity contribution in [2.24, 2.45) is 0 Å². The first-order chi connectivity index (χ1) is 19.3. The van der Waals surface area contributed by atoms with Crippen molar-refractivity contribution in [2.45, 2.75) is 39.3 Å². The van der Waals surface area contributed by atoms with Gasteiger partial charge in [0.25, 0.3) is 0 Å². The lowest BCUT2D eigenvalue weighted by Gasteiger charge is -2.28. The molecule has 3 heterocycles. The number of hydrogen-bond donors (Lipinski definition) is 2. The number of aromatic nitrogens is 2. The molecule has 1 amide bonds. The van der Waals surface area contributed by atoms with Gasteiger partial charge < -0.3 is 24.8 Å². The van der Waals surface area contributed by atoms with E-state index in [1.807, 2.05) is 61.5 Å². The van der Waals surface area contributed by atoms with Gasteiger partial charge in [0.1, 0.15) is 5.75 Å². The van der Waals surface area contributed by atoms with Gasteiger partial charge in [-0.25, -0.2) is 0 Å². The number of aryl methyl sites for hydroxylation is 1. The van der Waals surface area contributed by atoms with E-state index in [4.69, 9.17) is 28.6 Å². The second kappa shape index (κ2) is 11.7. The van der Waals surface area contributed by atoms with E-state index in [1.165, 1.54) is 0 Å². The normalized spacial score (nSPS) is 16.6. The van der Waals surface area contributed by atoms with Gasteiger partial charge in [-0.2, -0.15) is 0 Å². The maximum Gasteiger partial charge on any atom is 0.226 e. The van der Waals surface area contributed by atoms with Crippen LogP contribution in [0.5, 0.6) is 5.75 Å². The van der Waals surface area contributed by atoms with Crippen molar-refractivity contribution >= 4 is 40.5 Å². The molecule has 1 fully saturated rings. The largest absolute Gasteiger partial charge is 0.495 e. The lowest BCUT2D eigenvalue weighted by molar-refractivity contribution is -0.116. The molecule has 0 spiro atoms. The number of benzene rings is 2. The molecule has 0 bridgehead atoms. The average Bonchev–Trinajstić information content (AvgIpc) is 3.44. The number of amides is 1. The molecule has 0 aliphatic carbocycles. The smallest absolute Gasteiger partial charge is 0.226 e. The lowest BCUT2D eigenvalue weighted by atomic mass is 9.96. The number of rotatable bonds is 8. The number of para-hydroxylation sites is 2. The standard InChI is InChI=1S/C31H32ClN5O2S/c1-19-18-22(21(3)37(19)26-13-9-10-23(32)20(26)2)30-29(25-12-7-8-16-33-25)35-31(40)36(30)17-15-28(38)34-24-11-5-6-14-27(24)39-4/h5-14,16,18,29-30H,15,17H2,1-4H3,(H,34,38)(H,35,40)/t29-,30+/m0/s1. The van der Waals surface area contributed by atoms with Crippen molar-refractivity contribution in [1.29, 1.82) is 0 Å². The predicted octanol–water partition coefficient (Wildman–Crippen LogP) is 6.46. The zero-order chi connectivity index (χ0) is 28.4. The second-order valence-corrected chi connectivity index (χ2v) is 10.7. The van der Waals surface area contributed by atoms with E-state index in [0.29, 0.717) is 23.1 Å². The Hall–Kier alpha value is -3.88. The zero-order valence-electron chi connectivity index (χ0n) is 22.9. The highest BCUT2D eigenvalue weighted by atomic mass is 35.5. The summed E-state index contributed by atoms with van der Waals surface area (Å²) in [5.74, 6) is 0.499. The summed E-state index contributed by atoms with van der Waals surface area (Å²) < 4.78 is 7.62. The number of anilines is 1. The summed E-state index contributed by atoms with van der Waals surface area (Å²) in [6.07, 6.45) is 2.04. The molecule has 2 atom stereocenters. The zero-order valence-corrected chi connectivity index (χ0v) is 24.5. The van der Waals surface area contributed by atoms with E-state index >= 15 is 0 Å². The van der Waals surface area contributed by atoms with Gasteiger partial charge in [0.15, 0.2) is 5.11 Å². The van der Waals surface area contributed by atoms with Crippen LogP contribution in [-0.4, -0.2) is 39.1 Å². The van der Waals surface area contributed by atoms with Crippen molar-refractivity contribution in [3.8, 4) is 11.4 Å². The third-order valence-corrected chi connectivity index (χ3v) is 8.19. The highest BCUT2D eigenvalue weighted by Gasteiger charge is 2.41. The quantitative estimate of drug-likeness (QED) is 0.236. The first-order valence-corrected chi connectivity index (χ1v) is 13.9. The highest BCUT2D eigenvalue weighted by molar-refractivity contribution is 7.80. The molecule has 5 rings (SSSR count). The van der Waals surface area contributed by atoms with Crippen LogP contribution in [-0.2, 0) is 4.79 Å². The molecule has 1 aliphatic rings. The third-order valence-electron chi connectivity index (χ3n) is 7.43. The number of carbonyl (C=O) groups excluding carboxylic acids is 1. The van der Waals surface area contributed by atoms with Crippen LogP contribution in [0.4, 0.5) is 5.69 Å². The summed E-state index contributed by atoms with van der Waals surface area (Å²) in [4.78, 5) is 19.8. The Bertz CT molecular complexity index is 1550. The van der Waals surface area contributed by atoms with Crippen molar-refractivity contribution in [2.75, 3.05) is 19.0 Å². The van der Waals surface area contributed by atoms with Crippen LogP contribution >= 0.6 is 23.8 Å². The van der Waals surface area contributed by atoms with Gasteiger partial charge in [-0.05, 0) is 86.6 Å². The van der Waals surface area contributed by atoms with Gasteiger partial charge in [0.05, 0.1) is 30.6 Å². The third kappa shape index (κ3) is 5.29. The molecular formula is C31H32ClN5O2S. The highest BCUT2D eigenvalue weighted by Crippen LogP contribution is 2.42. The minimum absolute atomic E-state index is 0.118. The molecule has 7 nitrogen and oxygen atoms in total. The first-order valence-electron chi connectivity index (χ1n) is 13.2. The van der Waals surface area contributed by atoms with Gasteiger partial charge >= 0.3 is 0 Å². The van der Waals surface area contributed by atoms with Crippen LogP contribution in [0.25, 0.3) is 5.69 Å². The Morgan fingerprint density at radius 1 is 1.10 bits per heavy atom. The van der Waals surface area contributed by atoms with E-state index in [9.17, 15) is 4.79 Å². The van der Waals surface area contributed by atoms with Crippen LogP contribution in [0, 0.1) is 20.8 Å². The topological polar surface area (TPSA) is 71.4 Å². The number of nitrogens with zero attached hydrogens (tertiary/aromatic N) is 3. The molecular weight excluding hydrogens is 542 g/mol. The summed E-state index contributed by atoms with van der Waals surface area (Å²) in [5.41, 5.74) is 6.88. The average molecular weight is 574 g/mol. The monoisotopic (exact) mass is 573 g/mol. The molecule has 0 unspecified atom stereocenters. The SMILES string of the molecule is COc1ccccc1NC(=O)CCN1C(=S)N[C@@H](c2ccccn2)[C@H]1c1cc(C)n(-c2cccc(Cl)c2C)c1C. The number of ether oxygens (including phenoxy) is 1. The van der Waals surface area contributed by atoms with Crippen molar-refractivity contribution < 1.29 is 9.53 Å². The molecule has 2 aromatic heterocycles. The Kier molecular flexibility index (Phi) is 8.09. The van der Waals surface area contributed by atoms with Crippen LogP contribution in [0.15, 0.2) is 72.9 Å². The molecule has 0 radical (unpaired) electrons. The summed E-state index contributed by atoms with van der Waals surface area (Å²) >= 11 is 12.3. The summed E-state index contributed by atoms with van der Waals surface area (Å²) in [5, 5.41) is 7.78. The maximum atomic E-state index is 13.0. The predicted molar refractivity (Wildman–Crippen MR) is 163 cm³/mol. The Morgan fingerprint density at radius 2 is 1.88 bits per heavy atom. The minimum atomic E-state index is -0.180. The summed E-state index contributed by atoms with van der Waals surface area (Å²) in [7, 11) is 1.59. The number of carbonyl (C=O) groups is 1. The van der Waals surface area contributed by atoms with Crippen molar-refractivity contribution in [3.05, 3.63) is 106 Å². The van der Waals surface area contributed by atoms with Gasteiger partial charge in [-0.15, -0.1) is 0 Å². The molecule has 2 N–H and O–H groups in total. The van der Waals surface area contributed by atoms with Gasteiger partial charge in [-0.1, -0.05) is 35.9 Å². The van der Waals surface area contributed by atoms with Crippen molar-refractivity contribution in [3.63, 3.8) is 0 Å². The van der Waals surface area contributed by atoms with Gasteiger partial charge in [-0.3, -0.25) is 9.78 Å². The number of nitrogens with one attached hydrogen (secondary N) is 2. The fourth-order valence-corrected chi connectivity index (χ4v) is 5.96. The van der Waals surface area contributed by atoms with Crippen LogP contribution in [0.1, 0.15) is 46.7 Å². The van der Waals surface area contributed by atoms with Gasteiger partial charge in [0.2, 0.25) is 5.91 Å². The number of methoxy groups -OCH3 is 1. The summed E-state index contributed by atoms with van der Waals surface area (Å²) in [6.45, 7) is 6.68. The molecule has 1 saturated heterocycles. The number of hydrogen-bond acceptors (Lipinski definition) is 4. The van der Waals surface area contributed by atoms with Gasteiger partial charge in [0, 0.05) is 41.3 Å². The second-order valence-electron chi connectivity index (χ2n) is 9.86. The summed E-state index contributed by atoms with van der Waals surface area (Å²) in [6, 6.07) is 21.1. The molecule has 0 saturated carbocycles. The van der Waals surface area contributed by atoms with Crippen LogP contribution < -0.4 is 15.4 Å². The fourth-order valence-electron chi connectivity index (χ4n) is 5.46.